The summed E-state index contributed by atoms with van der Waals surface area (Å²) in [6.07, 6.45) is -4.20. The molecular formula is C29H39F3N6O6. The molecule has 3 atom stereocenters. The van der Waals surface area contributed by atoms with Crippen LogP contribution in [0.15, 0.2) is 54.6 Å². The minimum absolute atomic E-state index is 0.0277. The quantitative estimate of drug-likeness (QED) is 0.160. The van der Waals surface area contributed by atoms with Gasteiger partial charge in [0.15, 0.2) is 5.96 Å². The van der Waals surface area contributed by atoms with Gasteiger partial charge in [-0.2, -0.15) is 13.2 Å². The van der Waals surface area contributed by atoms with Gasteiger partial charge in [-0.1, -0.05) is 42.5 Å². The predicted octanol–water partition coefficient (Wildman–Crippen LogP) is 1.93. The summed E-state index contributed by atoms with van der Waals surface area (Å²) in [5, 5.41) is 20.6. The summed E-state index contributed by atoms with van der Waals surface area (Å²) in [6.45, 7) is 3.65. The number of nitrogens with two attached hydrogens (primary N) is 2. The van der Waals surface area contributed by atoms with E-state index in [1.54, 1.807) is 4.90 Å². The van der Waals surface area contributed by atoms with Crippen molar-refractivity contribution in [1.29, 1.82) is 5.41 Å². The predicted molar refractivity (Wildman–Crippen MR) is 156 cm³/mol. The maximum atomic E-state index is 13.5. The van der Waals surface area contributed by atoms with Gasteiger partial charge in [0, 0.05) is 26.2 Å². The lowest BCUT2D eigenvalue weighted by molar-refractivity contribution is -0.192. The van der Waals surface area contributed by atoms with Crippen LogP contribution in [0.5, 0.6) is 5.75 Å². The SMILES string of the molecule is CCOc1ccc(CC(N)C(=O)N[C@@H](C(=O)NC2CCN(C(=N)N)CC2)[C@H](OC)c2ccccc2)cc1.O=C(O)C(F)(F)F. The van der Waals surface area contributed by atoms with Crippen LogP contribution in [0.1, 0.15) is 37.0 Å². The zero-order chi connectivity index (χ0) is 32.9. The van der Waals surface area contributed by atoms with Crippen molar-refractivity contribution < 1.29 is 42.1 Å². The Balaban J connectivity index is 0.000000860. The minimum atomic E-state index is -5.08. The Hall–Kier alpha value is -4.37. The van der Waals surface area contributed by atoms with E-state index in [9.17, 15) is 22.8 Å². The van der Waals surface area contributed by atoms with E-state index in [0.29, 0.717) is 39.0 Å². The number of ether oxygens (including phenoxy) is 2. The number of hydrogen-bond donors (Lipinski definition) is 6. The molecule has 1 aliphatic rings. The number of rotatable bonds is 11. The van der Waals surface area contributed by atoms with Crippen molar-refractivity contribution in [1.82, 2.24) is 15.5 Å². The summed E-state index contributed by atoms with van der Waals surface area (Å²) < 4.78 is 42.9. The number of carbonyl (C=O) groups is 3. The number of amides is 2. The van der Waals surface area contributed by atoms with E-state index in [1.165, 1.54) is 7.11 Å². The highest BCUT2D eigenvalue weighted by atomic mass is 19.4. The molecule has 12 nitrogen and oxygen atoms in total. The monoisotopic (exact) mass is 624 g/mol. The number of carboxylic acid groups (broad SMARTS) is 1. The van der Waals surface area contributed by atoms with Crippen molar-refractivity contribution >= 4 is 23.7 Å². The summed E-state index contributed by atoms with van der Waals surface area (Å²) in [5.74, 6) is -2.77. The molecule has 1 aliphatic heterocycles. The molecule has 1 unspecified atom stereocenters. The van der Waals surface area contributed by atoms with E-state index in [0.717, 1.165) is 16.9 Å². The molecule has 8 N–H and O–H groups in total. The third kappa shape index (κ3) is 11.4. The number of nitrogens with one attached hydrogen (secondary N) is 3. The minimum Gasteiger partial charge on any atom is -0.494 e. The average Bonchev–Trinajstić information content (AvgIpc) is 2.98. The Morgan fingerprint density at radius 2 is 1.64 bits per heavy atom. The van der Waals surface area contributed by atoms with Gasteiger partial charge in [-0.25, -0.2) is 4.79 Å². The van der Waals surface area contributed by atoms with Gasteiger partial charge in [0.05, 0.1) is 12.6 Å². The Morgan fingerprint density at radius 1 is 1.07 bits per heavy atom. The maximum Gasteiger partial charge on any atom is 0.490 e. The van der Waals surface area contributed by atoms with Gasteiger partial charge in [-0.3, -0.25) is 15.0 Å². The largest absolute Gasteiger partial charge is 0.494 e. The number of guanidine groups is 1. The first-order chi connectivity index (χ1) is 20.8. The van der Waals surface area contributed by atoms with E-state index in [1.807, 2.05) is 61.5 Å². The highest BCUT2D eigenvalue weighted by Gasteiger charge is 2.38. The van der Waals surface area contributed by atoms with Crippen molar-refractivity contribution in [2.24, 2.45) is 11.5 Å². The summed E-state index contributed by atoms with van der Waals surface area (Å²) in [5.41, 5.74) is 13.5. The lowest BCUT2D eigenvalue weighted by atomic mass is 9.98. The zero-order valence-electron chi connectivity index (χ0n) is 24.5. The van der Waals surface area contributed by atoms with E-state index in [4.69, 9.17) is 36.3 Å². The third-order valence-electron chi connectivity index (χ3n) is 6.72. The molecule has 1 saturated heterocycles. The molecule has 0 bridgehead atoms. The molecule has 2 amide bonds. The van der Waals surface area contributed by atoms with Crippen LogP contribution >= 0.6 is 0 Å². The van der Waals surface area contributed by atoms with Crippen molar-refractivity contribution in [3.63, 3.8) is 0 Å². The number of methoxy groups -OCH3 is 1. The fraction of sp³-hybridized carbons (Fsp3) is 0.448. The molecule has 1 fully saturated rings. The van der Waals surface area contributed by atoms with Crippen LogP contribution in [0.4, 0.5) is 13.2 Å². The number of likely N-dealkylation sites (tertiary alicyclic amines) is 1. The van der Waals surface area contributed by atoms with Crippen LogP contribution in [-0.4, -0.2) is 84.9 Å². The van der Waals surface area contributed by atoms with Gasteiger partial charge in [-0.15, -0.1) is 0 Å². The van der Waals surface area contributed by atoms with E-state index in [-0.39, 0.29) is 17.9 Å². The molecule has 44 heavy (non-hydrogen) atoms. The van der Waals surface area contributed by atoms with Crippen LogP contribution in [0.25, 0.3) is 0 Å². The van der Waals surface area contributed by atoms with Crippen LogP contribution < -0.4 is 26.8 Å². The van der Waals surface area contributed by atoms with Gasteiger partial charge in [0.1, 0.15) is 17.9 Å². The molecule has 0 aliphatic carbocycles. The zero-order valence-corrected chi connectivity index (χ0v) is 24.5. The molecule has 2 aromatic carbocycles. The number of nitrogens with zero attached hydrogens (tertiary/aromatic N) is 1. The van der Waals surface area contributed by atoms with Crippen LogP contribution in [0, 0.1) is 5.41 Å². The first-order valence-corrected chi connectivity index (χ1v) is 13.8. The molecule has 0 radical (unpaired) electrons. The van der Waals surface area contributed by atoms with Crippen molar-refractivity contribution in [3.05, 3.63) is 65.7 Å². The Bertz CT molecular complexity index is 1220. The Morgan fingerprint density at radius 3 is 2.11 bits per heavy atom. The summed E-state index contributed by atoms with van der Waals surface area (Å²) in [4.78, 5) is 37.3. The average molecular weight is 625 g/mol. The van der Waals surface area contributed by atoms with Gasteiger partial charge in [0.25, 0.3) is 0 Å². The second kappa shape index (κ2) is 17.1. The second-order valence-electron chi connectivity index (χ2n) is 9.90. The lowest BCUT2D eigenvalue weighted by Crippen LogP contribution is -2.57. The Kier molecular flexibility index (Phi) is 13.9. The molecule has 242 valence electrons. The number of alkyl halides is 3. The van der Waals surface area contributed by atoms with Gasteiger partial charge in [0.2, 0.25) is 11.8 Å². The van der Waals surface area contributed by atoms with Crippen molar-refractivity contribution in [2.75, 3.05) is 26.8 Å². The number of benzene rings is 2. The fourth-order valence-corrected chi connectivity index (χ4v) is 4.44. The number of carbonyl (C=O) groups excluding carboxylic acids is 2. The highest BCUT2D eigenvalue weighted by molar-refractivity contribution is 5.90. The summed E-state index contributed by atoms with van der Waals surface area (Å²) in [7, 11) is 1.51. The van der Waals surface area contributed by atoms with Crippen molar-refractivity contribution in [2.45, 2.75) is 56.6 Å². The second-order valence-corrected chi connectivity index (χ2v) is 9.90. The van der Waals surface area contributed by atoms with Crippen LogP contribution in [0.3, 0.4) is 0 Å². The standard InChI is InChI=1S/C27H38N6O4.C2HF3O2/c1-3-37-21-11-9-18(10-12-21)17-22(28)25(34)32-23(24(36-2)19-7-5-4-6-8-19)26(35)31-20-13-15-33(16-14-20)27(29)30;3-2(4,5)1(6)7/h4-12,20,22-24H,3,13-17,28H2,1-2H3,(H3,29,30)(H,31,35)(H,32,34);(H,6,7)/t22?,23-,24-;/m1./s1. The lowest BCUT2D eigenvalue weighted by Gasteiger charge is -2.34. The number of piperidine rings is 1. The van der Waals surface area contributed by atoms with Gasteiger partial charge < -0.3 is 41.6 Å². The topological polar surface area (TPSA) is 193 Å². The van der Waals surface area contributed by atoms with E-state index >= 15 is 0 Å². The molecule has 2 aromatic rings. The molecule has 15 heteroatoms. The highest BCUT2D eigenvalue weighted by Crippen LogP contribution is 2.22. The number of hydrogen-bond acceptors (Lipinski definition) is 7. The smallest absolute Gasteiger partial charge is 0.490 e. The molecular weight excluding hydrogens is 585 g/mol. The number of aliphatic carboxylic acids is 1. The molecule has 1 heterocycles. The van der Waals surface area contributed by atoms with Crippen LogP contribution in [0.2, 0.25) is 0 Å². The molecule has 0 saturated carbocycles. The number of carboxylic acids is 1. The first kappa shape index (κ1) is 35.8. The third-order valence-corrected chi connectivity index (χ3v) is 6.72. The Labute approximate surface area is 253 Å². The van der Waals surface area contributed by atoms with Crippen LogP contribution in [-0.2, 0) is 25.5 Å². The summed E-state index contributed by atoms with van der Waals surface area (Å²) >= 11 is 0. The first-order valence-electron chi connectivity index (χ1n) is 13.8. The van der Waals surface area contributed by atoms with Crippen molar-refractivity contribution in [3.8, 4) is 5.75 Å². The molecule has 3 rings (SSSR count). The normalized spacial score (nSPS) is 15.5. The maximum absolute atomic E-state index is 13.5. The summed E-state index contributed by atoms with van der Waals surface area (Å²) in [6, 6.07) is 14.8. The fourth-order valence-electron chi connectivity index (χ4n) is 4.44. The number of halogens is 3. The van der Waals surface area contributed by atoms with E-state index in [2.05, 4.69) is 10.6 Å². The molecule has 0 aromatic heterocycles. The van der Waals surface area contributed by atoms with E-state index < -0.39 is 36.2 Å². The molecule has 0 spiro atoms. The van der Waals surface area contributed by atoms with Gasteiger partial charge >= 0.3 is 12.1 Å². The van der Waals surface area contributed by atoms with Gasteiger partial charge in [-0.05, 0) is 49.4 Å².